The summed E-state index contributed by atoms with van der Waals surface area (Å²) in [5, 5.41) is 0. The molecule has 1 saturated heterocycles. The molecule has 0 unspecified atom stereocenters. The number of nitrogens with zero attached hydrogens (tertiary/aromatic N) is 3. The second-order valence-corrected chi connectivity index (χ2v) is 8.08. The van der Waals surface area contributed by atoms with Crippen LogP contribution in [-0.4, -0.2) is 47.1 Å². The number of hydrogen-bond acceptors (Lipinski definition) is 3. The average molecular weight is 322 g/mol. The number of aromatic nitrogens is 2. The number of piperidine rings is 1. The van der Waals surface area contributed by atoms with Gasteiger partial charge in [0.05, 0.1) is 17.6 Å². The van der Waals surface area contributed by atoms with E-state index >= 15 is 0 Å². The lowest BCUT2D eigenvalue weighted by atomic mass is 10.0. The minimum absolute atomic E-state index is 0.253. The second-order valence-electron chi connectivity index (χ2n) is 6.05. The molecule has 6 nitrogen and oxygen atoms in total. The van der Waals surface area contributed by atoms with E-state index in [-0.39, 0.29) is 6.54 Å². The van der Waals surface area contributed by atoms with E-state index in [0.717, 1.165) is 23.9 Å². The maximum atomic E-state index is 12.6. The first-order chi connectivity index (χ1) is 10.5. The monoisotopic (exact) mass is 322 g/mol. The molecule has 0 bridgehead atoms. The summed E-state index contributed by atoms with van der Waals surface area (Å²) in [7, 11) is -1.80. The van der Waals surface area contributed by atoms with E-state index in [1.807, 2.05) is 24.3 Å². The van der Waals surface area contributed by atoms with Gasteiger partial charge in [-0.15, -0.1) is 0 Å². The van der Waals surface area contributed by atoms with Crippen LogP contribution in [0.15, 0.2) is 24.3 Å². The minimum Gasteiger partial charge on any atom is -0.341 e. The smallest absolute Gasteiger partial charge is 0.282 e. The number of imidazole rings is 1. The maximum absolute atomic E-state index is 12.6. The molecule has 1 aliphatic heterocycles. The minimum atomic E-state index is -3.41. The lowest BCUT2D eigenvalue weighted by Gasteiger charge is -2.32. The highest BCUT2D eigenvalue weighted by atomic mass is 32.2. The molecule has 1 N–H and O–H groups in total. The highest BCUT2D eigenvalue weighted by Crippen LogP contribution is 2.21. The van der Waals surface area contributed by atoms with Gasteiger partial charge in [-0.25, -0.2) is 4.98 Å². The van der Waals surface area contributed by atoms with Crippen molar-refractivity contribution in [2.45, 2.75) is 26.3 Å². The fraction of sp³-hybridized carbons (Fsp3) is 0.533. The Morgan fingerprint density at radius 3 is 2.68 bits per heavy atom. The van der Waals surface area contributed by atoms with Gasteiger partial charge < -0.3 is 4.98 Å². The fourth-order valence-electron chi connectivity index (χ4n) is 2.79. The van der Waals surface area contributed by atoms with Crippen molar-refractivity contribution in [2.24, 2.45) is 5.92 Å². The van der Waals surface area contributed by atoms with Gasteiger partial charge in [-0.05, 0) is 30.9 Å². The van der Waals surface area contributed by atoms with Crippen LogP contribution in [-0.2, 0) is 16.8 Å². The number of fused-ring (bicyclic) bond motifs is 1. The van der Waals surface area contributed by atoms with Gasteiger partial charge in [-0.2, -0.15) is 17.0 Å². The van der Waals surface area contributed by atoms with Crippen molar-refractivity contribution in [2.75, 3.05) is 20.1 Å². The molecular formula is C15H22N4O2S. The molecule has 0 spiro atoms. The van der Waals surface area contributed by atoms with Gasteiger partial charge in [0.2, 0.25) is 0 Å². The van der Waals surface area contributed by atoms with E-state index in [0.29, 0.717) is 24.8 Å². The van der Waals surface area contributed by atoms with Crippen LogP contribution < -0.4 is 0 Å². The van der Waals surface area contributed by atoms with Crippen molar-refractivity contribution in [3.05, 3.63) is 30.1 Å². The van der Waals surface area contributed by atoms with E-state index in [9.17, 15) is 8.42 Å². The van der Waals surface area contributed by atoms with Crippen LogP contribution in [0.2, 0.25) is 0 Å². The van der Waals surface area contributed by atoms with Crippen LogP contribution in [0, 0.1) is 5.92 Å². The highest BCUT2D eigenvalue weighted by molar-refractivity contribution is 7.86. The van der Waals surface area contributed by atoms with Crippen LogP contribution in [0.25, 0.3) is 11.0 Å². The Labute approximate surface area is 131 Å². The lowest BCUT2D eigenvalue weighted by Crippen LogP contribution is -2.45. The van der Waals surface area contributed by atoms with Gasteiger partial charge in [0, 0.05) is 20.1 Å². The summed E-state index contributed by atoms with van der Waals surface area (Å²) in [5.74, 6) is 1.27. The molecular weight excluding hydrogens is 300 g/mol. The predicted molar refractivity (Wildman–Crippen MR) is 86.5 cm³/mol. The quantitative estimate of drug-likeness (QED) is 0.935. The number of H-pyrrole nitrogens is 1. The van der Waals surface area contributed by atoms with Crippen molar-refractivity contribution < 1.29 is 8.42 Å². The molecule has 2 aromatic rings. The van der Waals surface area contributed by atoms with E-state index in [2.05, 4.69) is 16.9 Å². The predicted octanol–water partition coefficient (Wildman–Crippen LogP) is 1.97. The number of benzene rings is 1. The Morgan fingerprint density at radius 1 is 1.32 bits per heavy atom. The fourth-order valence-corrected chi connectivity index (χ4v) is 4.14. The summed E-state index contributed by atoms with van der Waals surface area (Å²) in [4.78, 5) is 7.62. The molecule has 0 amide bonds. The first-order valence-corrected chi connectivity index (χ1v) is 9.01. The van der Waals surface area contributed by atoms with Crippen LogP contribution in [0.4, 0.5) is 0 Å². The van der Waals surface area contributed by atoms with Gasteiger partial charge >= 0.3 is 0 Å². The molecule has 7 heteroatoms. The third-order valence-corrected chi connectivity index (χ3v) is 6.21. The zero-order valence-electron chi connectivity index (χ0n) is 13.0. The van der Waals surface area contributed by atoms with E-state index in [4.69, 9.17) is 0 Å². The number of rotatable bonds is 4. The van der Waals surface area contributed by atoms with E-state index in [1.54, 1.807) is 11.4 Å². The van der Waals surface area contributed by atoms with Crippen LogP contribution in [0.1, 0.15) is 25.6 Å². The van der Waals surface area contributed by atoms with Gasteiger partial charge in [-0.3, -0.25) is 0 Å². The largest absolute Gasteiger partial charge is 0.341 e. The van der Waals surface area contributed by atoms with Crippen LogP contribution >= 0.6 is 0 Å². The Hall–Kier alpha value is -1.44. The Morgan fingerprint density at radius 2 is 2.00 bits per heavy atom. The maximum Gasteiger partial charge on any atom is 0.282 e. The third-order valence-electron chi connectivity index (χ3n) is 4.27. The molecule has 1 aromatic heterocycles. The van der Waals surface area contributed by atoms with Crippen molar-refractivity contribution in [3.63, 3.8) is 0 Å². The number of para-hydroxylation sites is 2. The lowest BCUT2D eigenvalue weighted by molar-refractivity contribution is 0.269. The van der Waals surface area contributed by atoms with Gasteiger partial charge in [0.1, 0.15) is 5.82 Å². The Bertz CT molecular complexity index is 715. The number of hydrogen-bond donors (Lipinski definition) is 1. The normalized spacial score (nSPS) is 18.3. The summed E-state index contributed by atoms with van der Waals surface area (Å²) in [6.45, 7) is 3.63. The second kappa shape index (κ2) is 5.98. The summed E-state index contributed by atoms with van der Waals surface area (Å²) < 4.78 is 28.2. The van der Waals surface area contributed by atoms with E-state index in [1.165, 1.54) is 4.31 Å². The summed E-state index contributed by atoms with van der Waals surface area (Å²) >= 11 is 0. The number of nitrogens with one attached hydrogen (secondary N) is 1. The Balaban J connectivity index is 1.73. The first kappa shape index (κ1) is 15.5. The van der Waals surface area contributed by atoms with Crippen molar-refractivity contribution in [1.82, 2.24) is 18.6 Å². The molecule has 22 heavy (non-hydrogen) atoms. The third kappa shape index (κ3) is 3.02. The van der Waals surface area contributed by atoms with Gasteiger partial charge in [0.25, 0.3) is 10.2 Å². The SMILES string of the molecule is CC1CCN(S(=O)(=O)N(C)Cc2nc3ccccc3[nH]2)CC1. The van der Waals surface area contributed by atoms with Gasteiger partial charge in [-0.1, -0.05) is 19.1 Å². The van der Waals surface area contributed by atoms with Crippen molar-refractivity contribution >= 4 is 21.2 Å². The zero-order valence-corrected chi connectivity index (χ0v) is 13.8. The van der Waals surface area contributed by atoms with E-state index < -0.39 is 10.2 Å². The molecule has 1 aliphatic rings. The van der Waals surface area contributed by atoms with Gasteiger partial charge in [0.15, 0.2) is 0 Å². The molecule has 120 valence electrons. The molecule has 0 atom stereocenters. The molecule has 2 heterocycles. The molecule has 1 fully saturated rings. The molecule has 3 rings (SSSR count). The first-order valence-electron chi connectivity index (χ1n) is 7.62. The standard InChI is InChI=1S/C15H22N4O2S/c1-12-7-9-19(10-8-12)22(20,21)18(2)11-15-16-13-5-3-4-6-14(13)17-15/h3-6,12H,7-11H2,1-2H3,(H,16,17). The van der Waals surface area contributed by atoms with Crippen LogP contribution in [0.3, 0.4) is 0 Å². The summed E-state index contributed by atoms with van der Waals surface area (Å²) in [5.41, 5.74) is 1.78. The zero-order chi connectivity index (χ0) is 15.7. The number of aromatic amines is 1. The topological polar surface area (TPSA) is 69.3 Å². The van der Waals surface area contributed by atoms with Crippen molar-refractivity contribution in [3.8, 4) is 0 Å². The average Bonchev–Trinajstić information content (AvgIpc) is 2.89. The molecule has 0 aliphatic carbocycles. The summed E-state index contributed by atoms with van der Waals surface area (Å²) in [6, 6.07) is 7.70. The molecule has 0 saturated carbocycles. The summed E-state index contributed by atoms with van der Waals surface area (Å²) in [6.07, 6.45) is 1.86. The Kier molecular flexibility index (Phi) is 4.20. The van der Waals surface area contributed by atoms with Crippen LogP contribution in [0.5, 0.6) is 0 Å². The van der Waals surface area contributed by atoms with Crippen molar-refractivity contribution in [1.29, 1.82) is 0 Å². The molecule has 0 radical (unpaired) electrons. The molecule has 1 aromatic carbocycles. The highest BCUT2D eigenvalue weighted by Gasteiger charge is 2.30.